The number of nitrogens with zero attached hydrogens (tertiary/aromatic N) is 1. The second kappa shape index (κ2) is 5.83. The minimum Gasteiger partial charge on any atom is -0.382 e. The van der Waals surface area contributed by atoms with Gasteiger partial charge < -0.3 is 15.0 Å². The molecule has 1 N–H and O–H groups in total. The van der Waals surface area contributed by atoms with Gasteiger partial charge in [-0.1, -0.05) is 13.0 Å². The predicted molar refractivity (Wildman–Crippen MR) is 82.1 cm³/mol. The monoisotopic (exact) mass is 262 g/mol. The van der Waals surface area contributed by atoms with Gasteiger partial charge in [-0.2, -0.15) is 0 Å². The Hall–Kier alpha value is -1.22. The topological polar surface area (TPSA) is 24.5 Å². The Bertz CT molecular complexity index is 419. The molecule has 1 fully saturated rings. The lowest BCUT2D eigenvalue weighted by Crippen LogP contribution is -2.41. The Morgan fingerprint density at radius 1 is 1.42 bits per heavy atom. The van der Waals surface area contributed by atoms with Crippen molar-refractivity contribution in [3.05, 3.63) is 24.3 Å². The largest absolute Gasteiger partial charge is 0.382 e. The molecule has 0 aliphatic carbocycles. The van der Waals surface area contributed by atoms with Crippen LogP contribution in [-0.4, -0.2) is 32.3 Å². The normalized spacial score (nSPS) is 27.1. The van der Waals surface area contributed by atoms with Gasteiger partial charge >= 0.3 is 0 Å². The first kappa shape index (κ1) is 14.2. The van der Waals surface area contributed by atoms with E-state index in [1.165, 1.54) is 11.4 Å². The first-order valence-corrected chi connectivity index (χ1v) is 7.20. The zero-order valence-electron chi connectivity index (χ0n) is 12.6. The standard InChI is InChI=1S/C16H26N2O/c1-5-16(2)12-14(9-10-19-16)17-13-7-6-8-15(11-13)18(3)4/h6-8,11,14,17H,5,9-10,12H2,1-4H3. The maximum absolute atomic E-state index is 5.90. The summed E-state index contributed by atoms with van der Waals surface area (Å²) in [6.45, 7) is 5.28. The van der Waals surface area contributed by atoms with E-state index in [1.54, 1.807) is 0 Å². The molecule has 19 heavy (non-hydrogen) atoms. The van der Waals surface area contributed by atoms with Crippen LogP contribution in [0.15, 0.2) is 24.3 Å². The molecule has 0 saturated carbocycles. The molecule has 1 heterocycles. The molecular weight excluding hydrogens is 236 g/mol. The number of benzene rings is 1. The Morgan fingerprint density at radius 3 is 2.89 bits per heavy atom. The Labute approximate surface area is 116 Å². The minimum absolute atomic E-state index is 0.0368. The van der Waals surface area contributed by atoms with Gasteiger partial charge in [-0.25, -0.2) is 0 Å². The van der Waals surface area contributed by atoms with Crippen LogP contribution in [0.1, 0.15) is 33.1 Å². The summed E-state index contributed by atoms with van der Waals surface area (Å²) in [5.41, 5.74) is 2.47. The lowest BCUT2D eigenvalue weighted by Gasteiger charge is -2.38. The quantitative estimate of drug-likeness (QED) is 0.898. The van der Waals surface area contributed by atoms with Gasteiger partial charge in [0.05, 0.1) is 5.60 Å². The fraction of sp³-hybridized carbons (Fsp3) is 0.625. The molecule has 3 nitrogen and oxygen atoms in total. The highest BCUT2D eigenvalue weighted by molar-refractivity contribution is 5.57. The van der Waals surface area contributed by atoms with Gasteiger partial charge in [0.25, 0.3) is 0 Å². The summed E-state index contributed by atoms with van der Waals surface area (Å²) < 4.78 is 5.90. The maximum atomic E-state index is 5.90. The average molecular weight is 262 g/mol. The van der Waals surface area contributed by atoms with Crippen molar-refractivity contribution in [2.75, 3.05) is 30.9 Å². The van der Waals surface area contributed by atoms with Crippen molar-refractivity contribution >= 4 is 11.4 Å². The molecule has 0 radical (unpaired) electrons. The van der Waals surface area contributed by atoms with Crippen LogP contribution in [0.4, 0.5) is 11.4 Å². The first-order chi connectivity index (χ1) is 9.02. The molecule has 1 saturated heterocycles. The molecular formula is C16H26N2O. The summed E-state index contributed by atoms with van der Waals surface area (Å²) in [5.74, 6) is 0. The molecule has 1 aliphatic heterocycles. The minimum atomic E-state index is 0.0368. The van der Waals surface area contributed by atoms with Gasteiger partial charge in [0.1, 0.15) is 0 Å². The molecule has 1 aromatic carbocycles. The average Bonchev–Trinajstić information content (AvgIpc) is 2.39. The molecule has 0 aromatic heterocycles. The zero-order chi connectivity index (χ0) is 13.9. The summed E-state index contributed by atoms with van der Waals surface area (Å²) in [7, 11) is 4.14. The third-order valence-electron chi connectivity index (χ3n) is 4.08. The van der Waals surface area contributed by atoms with E-state index >= 15 is 0 Å². The van der Waals surface area contributed by atoms with Crippen molar-refractivity contribution in [2.45, 2.75) is 44.8 Å². The number of nitrogens with one attached hydrogen (secondary N) is 1. The molecule has 2 atom stereocenters. The first-order valence-electron chi connectivity index (χ1n) is 7.20. The van der Waals surface area contributed by atoms with Crippen LogP contribution in [0.5, 0.6) is 0 Å². The van der Waals surface area contributed by atoms with Crippen LogP contribution in [0, 0.1) is 0 Å². The lowest BCUT2D eigenvalue weighted by molar-refractivity contribution is -0.0708. The summed E-state index contributed by atoms with van der Waals surface area (Å²) in [6, 6.07) is 9.10. The highest BCUT2D eigenvalue weighted by atomic mass is 16.5. The van der Waals surface area contributed by atoms with E-state index in [2.05, 4.69) is 62.4 Å². The number of hydrogen-bond acceptors (Lipinski definition) is 3. The summed E-state index contributed by atoms with van der Waals surface area (Å²) in [4.78, 5) is 2.13. The van der Waals surface area contributed by atoms with E-state index < -0.39 is 0 Å². The predicted octanol–water partition coefficient (Wildman–Crippen LogP) is 3.51. The lowest BCUT2D eigenvalue weighted by atomic mass is 9.90. The number of anilines is 2. The molecule has 1 aromatic rings. The molecule has 0 amide bonds. The van der Waals surface area contributed by atoms with E-state index in [0.29, 0.717) is 6.04 Å². The molecule has 0 spiro atoms. The zero-order valence-corrected chi connectivity index (χ0v) is 12.6. The molecule has 0 bridgehead atoms. The van der Waals surface area contributed by atoms with Crippen LogP contribution >= 0.6 is 0 Å². The van der Waals surface area contributed by atoms with Gasteiger partial charge in [0.2, 0.25) is 0 Å². The molecule has 2 rings (SSSR count). The fourth-order valence-electron chi connectivity index (χ4n) is 2.61. The molecule has 1 aliphatic rings. The van der Waals surface area contributed by atoms with E-state index in [-0.39, 0.29) is 5.60 Å². The van der Waals surface area contributed by atoms with E-state index in [1.807, 2.05) is 0 Å². The van der Waals surface area contributed by atoms with E-state index in [4.69, 9.17) is 4.74 Å². The summed E-state index contributed by atoms with van der Waals surface area (Å²) in [5, 5.41) is 3.66. The van der Waals surface area contributed by atoms with Crippen molar-refractivity contribution in [3.8, 4) is 0 Å². The number of hydrogen-bond donors (Lipinski definition) is 1. The van der Waals surface area contributed by atoms with Crippen molar-refractivity contribution in [3.63, 3.8) is 0 Å². The highest BCUT2D eigenvalue weighted by Gasteiger charge is 2.31. The Morgan fingerprint density at radius 2 is 2.21 bits per heavy atom. The second-order valence-corrected chi connectivity index (χ2v) is 5.93. The van der Waals surface area contributed by atoms with Crippen molar-refractivity contribution in [1.82, 2.24) is 0 Å². The molecule has 106 valence electrons. The van der Waals surface area contributed by atoms with Crippen LogP contribution in [0.2, 0.25) is 0 Å². The van der Waals surface area contributed by atoms with Gasteiger partial charge in [0, 0.05) is 38.1 Å². The van der Waals surface area contributed by atoms with Crippen LogP contribution < -0.4 is 10.2 Å². The third kappa shape index (κ3) is 3.63. The van der Waals surface area contributed by atoms with Gasteiger partial charge in [0.15, 0.2) is 0 Å². The van der Waals surface area contributed by atoms with Crippen LogP contribution in [-0.2, 0) is 4.74 Å². The Kier molecular flexibility index (Phi) is 4.35. The third-order valence-corrected chi connectivity index (χ3v) is 4.08. The molecule has 2 unspecified atom stereocenters. The Balaban J connectivity index is 2.02. The molecule has 3 heteroatoms. The summed E-state index contributed by atoms with van der Waals surface area (Å²) in [6.07, 6.45) is 3.24. The van der Waals surface area contributed by atoms with Gasteiger partial charge in [-0.15, -0.1) is 0 Å². The van der Waals surface area contributed by atoms with Crippen molar-refractivity contribution < 1.29 is 4.74 Å². The van der Waals surface area contributed by atoms with Crippen molar-refractivity contribution in [2.24, 2.45) is 0 Å². The number of ether oxygens (including phenoxy) is 1. The van der Waals surface area contributed by atoms with E-state index in [0.717, 1.165) is 25.9 Å². The smallest absolute Gasteiger partial charge is 0.0671 e. The van der Waals surface area contributed by atoms with Crippen LogP contribution in [0.3, 0.4) is 0 Å². The fourth-order valence-corrected chi connectivity index (χ4v) is 2.61. The second-order valence-electron chi connectivity index (χ2n) is 5.93. The van der Waals surface area contributed by atoms with Gasteiger partial charge in [-0.3, -0.25) is 0 Å². The van der Waals surface area contributed by atoms with Crippen LogP contribution in [0.25, 0.3) is 0 Å². The SMILES string of the molecule is CCC1(C)CC(Nc2cccc(N(C)C)c2)CCO1. The van der Waals surface area contributed by atoms with Crippen molar-refractivity contribution in [1.29, 1.82) is 0 Å². The maximum Gasteiger partial charge on any atom is 0.0671 e. The summed E-state index contributed by atoms with van der Waals surface area (Å²) >= 11 is 0. The highest BCUT2D eigenvalue weighted by Crippen LogP contribution is 2.30. The van der Waals surface area contributed by atoms with E-state index in [9.17, 15) is 0 Å². The van der Waals surface area contributed by atoms with Gasteiger partial charge in [-0.05, 0) is 44.4 Å². The number of rotatable bonds is 4.